The lowest BCUT2D eigenvalue weighted by atomic mass is 9.66. The maximum absolute atomic E-state index is 13.3. The van der Waals surface area contributed by atoms with E-state index in [2.05, 4.69) is 4.90 Å². The van der Waals surface area contributed by atoms with E-state index in [0.29, 0.717) is 32.4 Å². The number of nitrogens with zero attached hydrogens (tertiary/aromatic N) is 2. The van der Waals surface area contributed by atoms with E-state index in [1.807, 2.05) is 30.3 Å². The van der Waals surface area contributed by atoms with Gasteiger partial charge in [0.2, 0.25) is 11.8 Å². The second-order valence-electron chi connectivity index (χ2n) is 8.54. The molecule has 3 aliphatic rings. The molecule has 5 heteroatoms. The first kappa shape index (κ1) is 18.5. The number of aliphatic hydroxyl groups is 1. The van der Waals surface area contributed by atoms with Crippen LogP contribution in [0.25, 0.3) is 0 Å². The van der Waals surface area contributed by atoms with Gasteiger partial charge in [0.25, 0.3) is 0 Å². The van der Waals surface area contributed by atoms with Gasteiger partial charge >= 0.3 is 0 Å². The van der Waals surface area contributed by atoms with Crippen LogP contribution in [0, 0.1) is 11.8 Å². The van der Waals surface area contributed by atoms with Crippen molar-refractivity contribution in [2.75, 3.05) is 20.1 Å². The van der Waals surface area contributed by atoms with E-state index >= 15 is 0 Å². The number of carbonyl (C=O) groups is 2. The normalized spacial score (nSPS) is 34.3. The summed E-state index contributed by atoms with van der Waals surface area (Å²) in [6.45, 7) is 1.12. The average Bonchev–Trinajstić information content (AvgIpc) is 2.71. The van der Waals surface area contributed by atoms with Crippen LogP contribution in [0.4, 0.5) is 0 Å². The summed E-state index contributed by atoms with van der Waals surface area (Å²) in [6, 6.07) is 10.1. The minimum atomic E-state index is -0.845. The molecule has 27 heavy (non-hydrogen) atoms. The van der Waals surface area contributed by atoms with Crippen molar-refractivity contribution in [3.05, 3.63) is 35.9 Å². The van der Waals surface area contributed by atoms with Crippen LogP contribution in [0.3, 0.4) is 0 Å². The molecule has 1 aromatic rings. The van der Waals surface area contributed by atoms with Crippen LogP contribution in [0.1, 0.15) is 50.5 Å². The first-order chi connectivity index (χ1) is 13.0. The van der Waals surface area contributed by atoms with Crippen LogP contribution in [-0.2, 0) is 15.2 Å². The highest BCUT2D eigenvalue weighted by atomic mass is 16.3. The van der Waals surface area contributed by atoms with Crippen molar-refractivity contribution in [2.45, 2.75) is 56.6 Å². The van der Waals surface area contributed by atoms with Gasteiger partial charge in [-0.2, -0.15) is 0 Å². The minimum Gasteiger partial charge on any atom is -0.385 e. The second-order valence-corrected chi connectivity index (χ2v) is 8.54. The third-order valence-corrected chi connectivity index (χ3v) is 7.01. The molecule has 1 aliphatic carbocycles. The van der Waals surface area contributed by atoms with Gasteiger partial charge in [0.15, 0.2) is 0 Å². The summed E-state index contributed by atoms with van der Waals surface area (Å²) in [5.74, 6) is 0.306. The van der Waals surface area contributed by atoms with Gasteiger partial charge in [0.05, 0.1) is 11.5 Å². The molecule has 2 aliphatic heterocycles. The number of carbonyl (C=O) groups excluding carboxylic acids is 2. The highest BCUT2D eigenvalue weighted by Gasteiger charge is 2.51. The van der Waals surface area contributed by atoms with Crippen molar-refractivity contribution in [1.82, 2.24) is 9.80 Å². The maximum Gasteiger partial charge on any atom is 0.227 e. The molecular weight excluding hydrogens is 340 g/mol. The molecular formula is C22H30N2O3. The number of amides is 2. The Hall–Kier alpha value is -1.88. The van der Waals surface area contributed by atoms with E-state index in [1.165, 1.54) is 0 Å². The smallest absolute Gasteiger partial charge is 0.227 e. The second kappa shape index (κ2) is 7.27. The molecule has 1 N–H and O–H groups in total. The largest absolute Gasteiger partial charge is 0.385 e. The predicted octanol–water partition coefficient (Wildman–Crippen LogP) is 2.53. The Morgan fingerprint density at radius 1 is 1.15 bits per heavy atom. The predicted molar refractivity (Wildman–Crippen MR) is 103 cm³/mol. The third kappa shape index (κ3) is 3.27. The lowest BCUT2D eigenvalue weighted by molar-refractivity contribution is -0.160. The van der Waals surface area contributed by atoms with Gasteiger partial charge in [0, 0.05) is 38.5 Å². The maximum atomic E-state index is 13.3. The van der Waals surface area contributed by atoms with E-state index in [0.717, 1.165) is 31.2 Å². The molecule has 0 bridgehead atoms. The van der Waals surface area contributed by atoms with Crippen LogP contribution in [0.5, 0.6) is 0 Å². The van der Waals surface area contributed by atoms with Gasteiger partial charge in [-0.3, -0.25) is 9.59 Å². The lowest BCUT2D eigenvalue weighted by Crippen LogP contribution is -2.60. The number of benzene rings is 1. The molecule has 2 saturated heterocycles. The molecule has 0 aromatic heterocycles. The number of rotatable bonds is 2. The van der Waals surface area contributed by atoms with E-state index in [9.17, 15) is 14.7 Å². The Kier molecular flexibility index (Phi) is 4.97. The highest BCUT2D eigenvalue weighted by Crippen LogP contribution is 2.47. The molecule has 4 atom stereocenters. The molecule has 1 saturated carbocycles. The van der Waals surface area contributed by atoms with Crippen molar-refractivity contribution in [2.24, 2.45) is 11.8 Å². The van der Waals surface area contributed by atoms with Crippen LogP contribution < -0.4 is 0 Å². The van der Waals surface area contributed by atoms with Gasteiger partial charge < -0.3 is 14.9 Å². The topological polar surface area (TPSA) is 60.9 Å². The van der Waals surface area contributed by atoms with Gasteiger partial charge in [0.1, 0.15) is 0 Å². The quantitative estimate of drug-likeness (QED) is 0.870. The van der Waals surface area contributed by atoms with E-state index in [1.54, 1.807) is 11.9 Å². The Morgan fingerprint density at radius 2 is 1.89 bits per heavy atom. The van der Waals surface area contributed by atoms with Crippen molar-refractivity contribution in [3.63, 3.8) is 0 Å². The van der Waals surface area contributed by atoms with E-state index in [4.69, 9.17) is 0 Å². The molecule has 1 aromatic carbocycles. The first-order valence-electron chi connectivity index (χ1n) is 10.3. The monoisotopic (exact) mass is 370 g/mol. The van der Waals surface area contributed by atoms with Gasteiger partial charge in [-0.1, -0.05) is 43.2 Å². The fraction of sp³-hybridized carbons (Fsp3) is 0.636. The van der Waals surface area contributed by atoms with Crippen LogP contribution in [0.15, 0.2) is 30.3 Å². The summed E-state index contributed by atoms with van der Waals surface area (Å²) in [7, 11) is 1.79. The molecule has 5 nitrogen and oxygen atoms in total. The standard InChI is InChI=1S/C22H30N2O3/c1-23-15-16(11-12-20(23)25)21(26)24-14-13-22(27,17-7-3-2-4-8-17)18-9-5-6-10-19(18)24/h2-4,7-8,16,18-19,27H,5-6,9-15H2,1H3/t16?,18-,19+,22-/m0/s1. The fourth-order valence-corrected chi connectivity index (χ4v) is 5.49. The zero-order valence-corrected chi connectivity index (χ0v) is 16.1. The SMILES string of the molecule is CN1CC(C(=O)N2CC[C@](O)(c3ccccc3)[C@H]3CCCC[C@H]32)CCC1=O. The summed E-state index contributed by atoms with van der Waals surface area (Å²) in [5, 5.41) is 11.6. The molecule has 4 rings (SSSR count). The van der Waals surface area contributed by atoms with Crippen LogP contribution in [-0.4, -0.2) is 52.9 Å². The number of fused-ring (bicyclic) bond motifs is 1. The Bertz CT molecular complexity index is 707. The third-order valence-electron chi connectivity index (χ3n) is 7.01. The van der Waals surface area contributed by atoms with Gasteiger partial charge in [-0.25, -0.2) is 0 Å². The van der Waals surface area contributed by atoms with E-state index < -0.39 is 5.60 Å². The molecule has 0 radical (unpaired) electrons. The highest BCUT2D eigenvalue weighted by molar-refractivity contribution is 5.84. The molecule has 1 unspecified atom stereocenters. The lowest BCUT2D eigenvalue weighted by Gasteiger charge is -2.53. The molecule has 2 heterocycles. The summed E-state index contributed by atoms with van der Waals surface area (Å²) in [4.78, 5) is 28.8. The van der Waals surface area contributed by atoms with Crippen LogP contribution >= 0.6 is 0 Å². The average molecular weight is 370 g/mol. The van der Waals surface area contributed by atoms with Crippen molar-refractivity contribution < 1.29 is 14.7 Å². The zero-order valence-electron chi connectivity index (χ0n) is 16.1. The van der Waals surface area contributed by atoms with Crippen molar-refractivity contribution in [1.29, 1.82) is 0 Å². The molecule has 0 spiro atoms. The molecule has 2 amide bonds. The summed E-state index contributed by atoms with van der Waals surface area (Å²) < 4.78 is 0. The zero-order chi connectivity index (χ0) is 19.0. The van der Waals surface area contributed by atoms with Gasteiger partial charge in [-0.05, 0) is 31.2 Å². The number of piperidine rings is 2. The van der Waals surface area contributed by atoms with Crippen molar-refractivity contribution >= 4 is 11.8 Å². The Balaban J connectivity index is 1.57. The van der Waals surface area contributed by atoms with Gasteiger partial charge in [-0.15, -0.1) is 0 Å². The first-order valence-corrected chi connectivity index (χ1v) is 10.3. The minimum absolute atomic E-state index is 0.0919. The molecule has 3 fully saturated rings. The number of hydrogen-bond donors (Lipinski definition) is 1. The molecule has 146 valence electrons. The fourth-order valence-electron chi connectivity index (χ4n) is 5.49. The Labute approximate surface area is 161 Å². The van der Waals surface area contributed by atoms with E-state index in [-0.39, 0.29) is 29.7 Å². The summed E-state index contributed by atoms with van der Waals surface area (Å²) >= 11 is 0. The Morgan fingerprint density at radius 3 is 2.63 bits per heavy atom. The van der Waals surface area contributed by atoms with Crippen LogP contribution in [0.2, 0.25) is 0 Å². The summed E-state index contributed by atoms with van der Waals surface area (Å²) in [5.41, 5.74) is 0.139. The summed E-state index contributed by atoms with van der Waals surface area (Å²) in [6.07, 6.45) is 5.85. The number of hydrogen-bond acceptors (Lipinski definition) is 3. The number of likely N-dealkylation sites (tertiary alicyclic amines) is 2. The van der Waals surface area contributed by atoms with Crippen molar-refractivity contribution in [3.8, 4) is 0 Å².